The van der Waals surface area contributed by atoms with E-state index in [2.05, 4.69) is 4.98 Å². The van der Waals surface area contributed by atoms with Gasteiger partial charge in [-0.25, -0.2) is 8.78 Å². The van der Waals surface area contributed by atoms with Gasteiger partial charge in [-0.05, 0) is 49.7 Å². The lowest BCUT2D eigenvalue weighted by molar-refractivity contribution is -0.136. The van der Waals surface area contributed by atoms with Crippen LogP contribution >= 0.6 is 0 Å². The van der Waals surface area contributed by atoms with Crippen molar-refractivity contribution in [1.29, 1.82) is 0 Å². The molecule has 1 amide bonds. The van der Waals surface area contributed by atoms with Crippen molar-refractivity contribution >= 4 is 22.5 Å². The number of halogens is 2. The van der Waals surface area contributed by atoms with Crippen LogP contribution < -0.4 is 4.90 Å². The summed E-state index contributed by atoms with van der Waals surface area (Å²) >= 11 is 0. The first-order valence-corrected chi connectivity index (χ1v) is 9.44. The van der Waals surface area contributed by atoms with Crippen LogP contribution in [0, 0.1) is 11.6 Å². The van der Waals surface area contributed by atoms with Gasteiger partial charge in [0.25, 0.3) is 0 Å². The quantitative estimate of drug-likeness (QED) is 0.741. The van der Waals surface area contributed by atoms with Crippen molar-refractivity contribution < 1.29 is 13.6 Å². The molecule has 0 atom stereocenters. The minimum Gasteiger partial charge on any atom is -0.366 e. The average molecular weight is 383 g/mol. The maximum atomic E-state index is 14.0. The van der Waals surface area contributed by atoms with Gasteiger partial charge < -0.3 is 14.8 Å². The Kier molecular flexibility index (Phi) is 4.57. The number of hydrogen-bond donors (Lipinski definition) is 1. The van der Waals surface area contributed by atoms with Crippen molar-refractivity contribution in [2.75, 3.05) is 31.1 Å². The molecule has 1 aliphatic rings. The summed E-state index contributed by atoms with van der Waals surface area (Å²) in [4.78, 5) is 20.2. The Bertz CT molecular complexity index is 1020. The zero-order chi connectivity index (χ0) is 19.9. The molecule has 2 heterocycles. The summed E-state index contributed by atoms with van der Waals surface area (Å²) < 4.78 is 27.5. The Morgan fingerprint density at radius 2 is 1.75 bits per heavy atom. The van der Waals surface area contributed by atoms with Crippen LogP contribution in [0.15, 0.2) is 48.7 Å². The van der Waals surface area contributed by atoms with E-state index in [-0.39, 0.29) is 17.5 Å². The van der Waals surface area contributed by atoms with Gasteiger partial charge in [-0.1, -0.05) is 12.1 Å². The van der Waals surface area contributed by atoms with Crippen LogP contribution in [-0.4, -0.2) is 42.0 Å². The van der Waals surface area contributed by atoms with E-state index in [9.17, 15) is 13.6 Å². The van der Waals surface area contributed by atoms with Gasteiger partial charge in [-0.15, -0.1) is 0 Å². The Morgan fingerprint density at radius 1 is 1.04 bits per heavy atom. The van der Waals surface area contributed by atoms with E-state index < -0.39 is 5.41 Å². The number of aromatic amines is 1. The minimum atomic E-state index is -0.754. The molecule has 1 fully saturated rings. The highest BCUT2D eigenvalue weighted by Gasteiger charge is 2.37. The van der Waals surface area contributed by atoms with Crippen LogP contribution in [0.1, 0.15) is 19.4 Å². The van der Waals surface area contributed by atoms with Crippen LogP contribution in [0.3, 0.4) is 0 Å². The van der Waals surface area contributed by atoms with Crippen molar-refractivity contribution in [2.45, 2.75) is 19.3 Å². The molecule has 4 rings (SSSR count). The van der Waals surface area contributed by atoms with Gasteiger partial charge in [-0.2, -0.15) is 0 Å². The normalized spacial score (nSPS) is 15.3. The molecular weight excluding hydrogens is 360 g/mol. The number of hydrogen-bond acceptors (Lipinski definition) is 2. The zero-order valence-electron chi connectivity index (χ0n) is 16.0. The van der Waals surface area contributed by atoms with E-state index in [0.717, 1.165) is 10.9 Å². The number of carbonyl (C=O) groups excluding carboxylic acids is 1. The first-order chi connectivity index (χ1) is 13.4. The summed E-state index contributed by atoms with van der Waals surface area (Å²) in [6.07, 6.45) is 1.79. The predicted octanol–water partition coefficient (Wildman–Crippen LogP) is 4.07. The molecule has 2 aromatic carbocycles. The lowest BCUT2D eigenvalue weighted by Gasteiger charge is -2.39. The number of amides is 1. The third kappa shape index (κ3) is 3.13. The third-order valence-corrected chi connectivity index (χ3v) is 5.61. The van der Waals surface area contributed by atoms with Gasteiger partial charge in [0.05, 0.1) is 11.1 Å². The van der Waals surface area contributed by atoms with E-state index in [4.69, 9.17) is 0 Å². The highest BCUT2D eigenvalue weighted by atomic mass is 19.1. The Labute approximate surface area is 162 Å². The number of aromatic nitrogens is 1. The van der Waals surface area contributed by atoms with Gasteiger partial charge in [0, 0.05) is 43.3 Å². The van der Waals surface area contributed by atoms with Gasteiger partial charge in [-0.3, -0.25) is 4.79 Å². The number of carbonyl (C=O) groups is 1. The number of para-hydroxylation sites is 1. The first kappa shape index (κ1) is 18.5. The summed E-state index contributed by atoms with van der Waals surface area (Å²) in [7, 11) is 0. The molecule has 1 N–H and O–H groups in total. The number of benzene rings is 2. The van der Waals surface area contributed by atoms with Crippen molar-refractivity contribution in [1.82, 2.24) is 9.88 Å². The van der Waals surface area contributed by atoms with Crippen LogP contribution in [-0.2, 0) is 10.2 Å². The monoisotopic (exact) mass is 383 g/mol. The molecule has 6 heteroatoms. The van der Waals surface area contributed by atoms with Crippen LogP contribution in [0.5, 0.6) is 0 Å². The number of fused-ring (bicyclic) bond motifs is 1. The average Bonchev–Trinajstić information content (AvgIpc) is 3.12. The molecule has 1 aliphatic heterocycles. The summed E-state index contributed by atoms with van der Waals surface area (Å²) in [5.74, 6) is -0.533. The number of nitrogens with zero attached hydrogens (tertiary/aromatic N) is 2. The predicted molar refractivity (Wildman–Crippen MR) is 106 cm³/mol. The minimum absolute atomic E-state index is 0.0194. The summed E-state index contributed by atoms with van der Waals surface area (Å²) in [6, 6.07) is 11.3. The Morgan fingerprint density at radius 3 is 2.46 bits per heavy atom. The van der Waals surface area contributed by atoms with E-state index in [1.807, 2.05) is 29.7 Å². The maximum absolute atomic E-state index is 14.0. The summed E-state index contributed by atoms with van der Waals surface area (Å²) in [5, 5.41) is 0.852. The van der Waals surface area contributed by atoms with Gasteiger partial charge in [0.15, 0.2) is 0 Å². The second kappa shape index (κ2) is 6.93. The number of piperazine rings is 1. The topological polar surface area (TPSA) is 39.3 Å². The standard InChI is InChI=1S/C22H23F2N3O/c1-22(2,17-14-25-19-13-15(23)7-8-16(17)19)21(28)27-11-9-26(10-12-27)20-6-4-3-5-18(20)24/h3-8,13-14,25H,9-12H2,1-2H3. The van der Waals surface area contributed by atoms with Crippen molar-refractivity contribution in [2.24, 2.45) is 0 Å². The zero-order valence-corrected chi connectivity index (χ0v) is 16.0. The van der Waals surface area contributed by atoms with Gasteiger partial charge >= 0.3 is 0 Å². The van der Waals surface area contributed by atoms with E-state index >= 15 is 0 Å². The van der Waals surface area contributed by atoms with Crippen LogP contribution in [0.2, 0.25) is 0 Å². The fraction of sp³-hybridized carbons (Fsp3) is 0.318. The molecule has 146 valence electrons. The van der Waals surface area contributed by atoms with Crippen LogP contribution in [0.4, 0.5) is 14.5 Å². The Hall–Kier alpha value is -2.89. The number of H-pyrrole nitrogens is 1. The van der Waals surface area contributed by atoms with E-state index in [1.54, 1.807) is 24.4 Å². The van der Waals surface area contributed by atoms with E-state index in [0.29, 0.717) is 37.4 Å². The SMILES string of the molecule is CC(C)(C(=O)N1CCN(c2ccccc2F)CC1)c1c[nH]c2cc(F)ccc12. The highest BCUT2D eigenvalue weighted by Crippen LogP contribution is 2.33. The molecule has 0 spiro atoms. The molecule has 3 aromatic rings. The molecule has 0 saturated carbocycles. The molecule has 0 bridgehead atoms. The highest BCUT2D eigenvalue weighted by molar-refractivity contribution is 5.94. The largest absolute Gasteiger partial charge is 0.366 e. The third-order valence-electron chi connectivity index (χ3n) is 5.61. The van der Waals surface area contributed by atoms with Crippen molar-refractivity contribution in [3.05, 3.63) is 65.9 Å². The van der Waals surface area contributed by atoms with Gasteiger partial charge in [0.2, 0.25) is 5.91 Å². The molecule has 4 nitrogen and oxygen atoms in total. The molecule has 0 radical (unpaired) electrons. The maximum Gasteiger partial charge on any atom is 0.232 e. The lowest BCUT2D eigenvalue weighted by atomic mass is 9.82. The fourth-order valence-electron chi connectivity index (χ4n) is 3.98. The lowest BCUT2D eigenvalue weighted by Crippen LogP contribution is -2.53. The number of nitrogens with one attached hydrogen (secondary N) is 1. The Balaban J connectivity index is 1.52. The molecule has 28 heavy (non-hydrogen) atoms. The summed E-state index contributed by atoms with van der Waals surface area (Å²) in [5.41, 5.74) is 1.35. The molecule has 1 aromatic heterocycles. The van der Waals surface area contributed by atoms with Gasteiger partial charge in [0.1, 0.15) is 11.6 Å². The summed E-state index contributed by atoms with van der Waals surface area (Å²) in [6.45, 7) is 6.03. The van der Waals surface area contributed by atoms with Crippen molar-refractivity contribution in [3.8, 4) is 0 Å². The fourth-order valence-corrected chi connectivity index (χ4v) is 3.98. The van der Waals surface area contributed by atoms with Crippen LogP contribution in [0.25, 0.3) is 10.9 Å². The van der Waals surface area contributed by atoms with E-state index in [1.165, 1.54) is 18.2 Å². The molecular formula is C22H23F2N3O. The smallest absolute Gasteiger partial charge is 0.232 e. The second-order valence-electron chi connectivity index (χ2n) is 7.75. The molecule has 0 aliphatic carbocycles. The second-order valence-corrected chi connectivity index (χ2v) is 7.75. The first-order valence-electron chi connectivity index (χ1n) is 9.44. The molecule has 1 saturated heterocycles. The van der Waals surface area contributed by atoms with Crippen molar-refractivity contribution in [3.63, 3.8) is 0 Å². The number of rotatable bonds is 3. The molecule has 0 unspecified atom stereocenters. The number of anilines is 1.